The van der Waals surface area contributed by atoms with E-state index >= 15 is 0 Å². The molecule has 0 saturated carbocycles. The van der Waals surface area contributed by atoms with E-state index in [-0.39, 0.29) is 0 Å². The van der Waals surface area contributed by atoms with Crippen molar-refractivity contribution in [1.82, 2.24) is 14.8 Å². The van der Waals surface area contributed by atoms with Crippen LogP contribution in [0.4, 0.5) is 5.82 Å². The summed E-state index contributed by atoms with van der Waals surface area (Å²) < 4.78 is 1.88. The summed E-state index contributed by atoms with van der Waals surface area (Å²) in [5.74, 6) is 0.544. The number of aromatic nitrogens is 3. The lowest BCUT2D eigenvalue weighted by Gasteiger charge is -2.04. The molecular formula is C14H14N4. The normalized spacial score (nSPS) is 11.0. The summed E-state index contributed by atoms with van der Waals surface area (Å²) in [7, 11) is 1.95. The Labute approximate surface area is 105 Å². The van der Waals surface area contributed by atoms with E-state index in [1.54, 1.807) is 6.20 Å². The van der Waals surface area contributed by atoms with Crippen LogP contribution in [0.25, 0.3) is 21.9 Å². The van der Waals surface area contributed by atoms with E-state index in [1.165, 1.54) is 0 Å². The van der Waals surface area contributed by atoms with E-state index in [0.717, 1.165) is 27.6 Å². The highest BCUT2D eigenvalue weighted by atomic mass is 15.3. The first-order valence-electron chi connectivity index (χ1n) is 5.79. The summed E-state index contributed by atoms with van der Waals surface area (Å²) in [6.45, 7) is 2.06. The van der Waals surface area contributed by atoms with Crippen LogP contribution in [0.1, 0.15) is 5.69 Å². The Morgan fingerprint density at radius 2 is 1.94 bits per heavy atom. The topological polar surface area (TPSA) is 56.7 Å². The van der Waals surface area contributed by atoms with Crippen LogP contribution in [-0.2, 0) is 7.05 Å². The summed E-state index contributed by atoms with van der Waals surface area (Å²) in [6, 6.07) is 8.16. The fourth-order valence-electron chi connectivity index (χ4n) is 2.11. The molecule has 0 amide bonds. The highest BCUT2D eigenvalue weighted by molar-refractivity contribution is 5.88. The van der Waals surface area contributed by atoms with Crippen LogP contribution < -0.4 is 5.73 Å². The minimum Gasteiger partial charge on any atom is -0.384 e. The van der Waals surface area contributed by atoms with Crippen LogP contribution in [0.15, 0.2) is 36.7 Å². The molecule has 0 spiro atoms. The highest BCUT2D eigenvalue weighted by Crippen LogP contribution is 2.26. The van der Waals surface area contributed by atoms with Crippen molar-refractivity contribution < 1.29 is 0 Å². The van der Waals surface area contributed by atoms with E-state index in [9.17, 15) is 0 Å². The number of pyridine rings is 1. The number of aryl methyl sites for hydroxylation is 1. The minimum absolute atomic E-state index is 0.544. The monoisotopic (exact) mass is 238 g/mol. The summed E-state index contributed by atoms with van der Waals surface area (Å²) >= 11 is 0. The van der Waals surface area contributed by atoms with Crippen molar-refractivity contribution in [3.05, 3.63) is 42.4 Å². The smallest absolute Gasteiger partial charge is 0.123 e. The molecule has 0 aliphatic carbocycles. The molecule has 90 valence electrons. The van der Waals surface area contributed by atoms with Gasteiger partial charge >= 0.3 is 0 Å². The van der Waals surface area contributed by atoms with E-state index in [1.807, 2.05) is 24.0 Å². The van der Waals surface area contributed by atoms with Gasteiger partial charge in [-0.15, -0.1) is 0 Å². The van der Waals surface area contributed by atoms with Gasteiger partial charge in [-0.2, -0.15) is 5.10 Å². The minimum atomic E-state index is 0.544. The summed E-state index contributed by atoms with van der Waals surface area (Å²) in [5.41, 5.74) is 9.17. The Morgan fingerprint density at radius 1 is 1.11 bits per heavy atom. The van der Waals surface area contributed by atoms with Gasteiger partial charge in [-0.3, -0.25) is 4.68 Å². The van der Waals surface area contributed by atoms with Crippen LogP contribution >= 0.6 is 0 Å². The second kappa shape index (κ2) is 3.84. The fraction of sp³-hybridized carbons (Fsp3) is 0.143. The molecule has 0 fully saturated rings. The van der Waals surface area contributed by atoms with Crippen LogP contribution in [0.3, 0.4) is 0 Å². The zero-order valence-corrected chi connectivity index (χ0v) is 10.4. The molecule has 2 aromatic heterocycles. The molecule has 0 aliphatic rings. The lowest BCUT2D eigenvalue weighted by molar-refractivity contribution is 0.740. The third-order valence-electron chi connectivity index (χ3n) is 3.29. The number of hydrogen-bond acceptors (Lipinski definition) is 3. The van der Waals surface area contributed by atoms with Gasteiger partial charge in [0.1, 0.15) is 5.82 Å². The first-order chi connectivity index (χ1) is 8.65. The molecule has 4 nitrogen and oxygen atoms in total. The van der Waals surface area contributed by atoms with Gasteiger partial charge in [-0.25, -0.2) is 4.98 Å². The number of benzene rings is 1. The van der Waals surface area contributed by atoms with Crippen molar-refractivity contribution in [2.24, 2.45) is 7.05 Å². The van der Waals surface area contributed by atoms with Gasteiger partial charge in [0.2, 0.25) is 0 Å². The molecular weight excluding hydrogens is 224 g/mol. The van der Waals surface area contributed by atoms with Gasteiger partial charge in [-0.05, 0) is 30.0 Å². The van der Waals surface area contributed by atoms with Crippen molar-refractivity contribution in [3.63, 3.8) is 0 Å². The number of anilines is 1. The van der Waals surface area contributed by atoms with Crippen molar-refractivity contribution >= 4 is 16.6 Å². The molecule has 3 aromatic rings. The molecule has 3 rings (SSSR count). The van der Waals surface area contributed by atoms with Gasteiger partial charge in [0, 0.05) is 29.9 Å². The van der Waals surface area contributed by atoms with Gasteiger partial charge in [-0.1, -0.05) is 12.1 Å². The van der Waals surface area contributed by atoms with Crippen molar-refractivity contribution in [2.45, 2.75) is 6.92 Å². The molecule has 0 unspecified atom stereocenters. The van der Waals surface area contributed by atoms with Gasteiger partial charge in [0.25, 0.3) is 0 Å². The van der Waals surface area contributed by atoms with Crippen LogP contribution in [0, 0.1) is 6.92 Å². The Balaban J connectivity index is 2.21. The van der Waals surface area contributed by atoms with Crippen molar-refractivity contribution in [3.8, 4) is 11.1 Å². The van der Waals surface area contributed by atoms with Crippen LogP contribution in [0.5, 0.6) is 0 Å². The lowest BCUT2D eigenvalue weighted by atomic mass is 10.0. The number of nitrogen functional groups attached to an aromatic ring is 1. The average Bonchev–Trinajstić information content (AvgIpc) is 2.69. The number of rotatable bonds is 1. The van der Waals surface area contributed by atoms with Gasteiger partial charge < -0.3 is 5.73 Å². The number of nitrogens with zero attached hydrogens (tertiary/aromatic N) is 3. The number of hydrogen-bond donors (Lipinski definition) is 1. The van der Waals surface area contributed by atoms with Gasteiger partial charge in [0.15, 0.2) is 0 Å². The molecule has 0 atom stereocenters. The Bertz CT molecular complexity index is 728. The molecule has 0 radical (unpaired) electrons. The summed E-state index contributed by atoms with van der Waals surface area (Å²) in [5, 5.41) is 6.46. The highest BCUT2D eigenvalue weighted by Gasteiger charge is 2.07. The maximum absolute atomic E-state index is 5.72. The van der Waals surface area contributed by atoms with Crippen molar-refractivity contribution in [2.75, 3.05) is 5.73 Å². The predicted octanol–water partition coefficient (Wildman–Crippen LogP) is 2.53. The molecule has 0 saturated heterocycles. The molecule has 1 aromatic carbocycles. The summed E-state index contributed by atoms with van der Waals surface area (Å²) in [4.78, 5) is 4.09. The molecule has 0 aliphatic heterocycles. The van der Waals surface area contributed by atoms with E-state index < -0.39 is 0 Å². The zero-order chi connectivity index (χ0) is 12.7. The van der Waals surface area contributed by atoms with Crippen LogP contribution in [-0.4, -0.2) is 14.8 Å². The molecule has 4 heteroatoms. The number of fused-ring (bicyclic) bond motifs is 1. The Hall–Kier alpha value is -2.36. The second-order valence-corrected chi connectivity index (χ2v) is 4.44. The SMILES string of the molecule is Cc1c(-c2ccc3cnc(N)cc3c2)cnn1C. The van der Waals surface area contributed by atoms with Crippen molar-refractivity contribution in [1.29, 1.82) is 0 Å². The predicted molar refractivity (Wildman–Crippen MR) is 73.1 cm³/mol. The first-order valence-corrected chi connectivity index (χ1v) is 5.79. The first kappa shape index (κ1) is 10.8. The standard InChI is InChI=1S/C14H14N4/c1-9-13(8-17-18(9)2)10-3-4-11-7-16-14(15)6-12(11)5-10/h3-8H,1-2H3,(H2,15,16). The Kier molecular flexibility index (Phi) is 2.30. The van der Waals surface area contributed by atoms with E-state index in [4.69, 9.17) is 5.73 Å². The maximum atomic E-state index is 5.72. The molecule has 2 heterocycles. The largest absolute Gasteiger partial charge is 0.384 e. The third-order valence-corrected chi connectivity index (χ3v) is 3.29. The lowest BCUT2D eigenvalue weighted by Crippen LogP contribution is -1.92. The number of nitrogens with two attached hydrogens (primary N) is 1. The summed E-state index contributed by atoms with van der Waals surface area (Å²) in [6.07, 6.45) is 3.69. The molecule has 18 heavy (non-hydrogen) atoms. The van der Waals surface area contributed by atoms with Gasteiger partial charge in [0.05, 0.1) is 6.20 Å². The van der Waals surface area contributed by atoms with E-state index in [2.05, 4.69) is 35.2 Å². The Morgan fingerprint density at radius 3 is 2.67 bits per heavy atom. The third kappa shape index (κ3) is 1.62. The average molecular weight is 238 g/mol. The second-order valence-electron chi connectivity index (χ2n) is 4.44. The van der Waals surface area contributed by atoms with E-state index in [0.29, 0.717) is 5.82 Å². The molecule has 2 N–H and O–H groups in total. The fourth-order valence-corrected chi connectivity index (χ4v) is 2.11. The van der Waals surface area contributed by atoms with Crippen LogP contribution in [0.2, 0.25) is 0 Å². The maximum Gasteiger partial charge on any atom is 0.123 e. The zero-order valence-electron chi connectivity index (χ0n) is 10.4. The quantitative estimate of drug-likeness (QED) is 0.708. The molecule has 0 bridgehead atoms.